The van der Waals surface area contributed by atoms with Crippen LogP contribution in [0.4, 0.5) is 11.4 Å². The maximum absolute atomic E-state index is 12.5. The molecule has 0 aliphatic rings. The van der Waals surface area contributed by atoms with Crippen molar-refractivity contribution in [2.75, 3.05) is 24.9 Å². The Hall–Kier alpha value is -4.14. The summed E-state index contributed by atoms with van der Waals surface area (Å²) < 4.78 is 11.2. The Labute approximate surface area is 178 Å². The van der Waals surface area contributed by atoms with Gasteiger partial charge in [-0.25, -0.2) is 4.68 Å². The Kier molecular flexibility index (Phi) is 6.66. The van der Waals surface area contributed by atoms with E-state index >= 15 is 0 Å². The molecule has 0 aliphatic carbocycles. The minimum absolute atomic E-state index is 0.00338. The Morgan fingerprint density at radius 1 is 0.968 bits per heavy atom. The highest BCUT2D eigenvalue weighted by Gasteiger charge is 2.14. The first kappa shape index (κ1) is 21.6. The smallest absolute Gasteiger partial charge is 0.276 e. The topological polar surface area (TPSA) is 112 Å². The molecule has 31 heavy (non-hydrogen) atoms. The number of aromatic nitrogens is 2. The maximum Gasteiger partial charge on any atom is 0.276 e. The van der Waals surface area contributed by atoms with Crippen LogP contribution < -0.4 is 25.7 Å². The maximum atomic E-state index is 12.5. The highest BCUT2D eigenvalue weighted by Crippen LogP contribution is 2.25. The van der Waals surface area contributed by atoms with Gasteiger partial charge in [0.25, 0.3) is 11.5 Å². The molecule has 0 saturated carbocycles. The third kappa shape index (κ3) is 5.47. The number of ether oxygens (including phenoxy) is 2. The standard InChI is InChI=1S/C22H22N4O5/c1-14-4-10-19(31-3)18(12-14)24-20(27)13-26-21(28)11-9-17(25-26)22(29)23-15-5-7-16(30-2)8-6-15/h4-12H,13H2,1-3H3,(H,23,29)(H,24,27). The van der Waals surface area contributed by atoms with Crippen LogP contribution in [-0.4, -0.2) is 35.8 Å². The van der Waals surface area contributed by atoms with Gasteiger partial charge in [-0.2, -0.15) is 5.10 Å². The molecule has 2 aromatic carbocycles. The van der Waals surface area contributed by atoms with Crippen LogP contribution in [0.15, 0.2) is 59.4 Å². The van der Waals surface area contributed by atoms with Crippen molar-refractivity contribution in [1.29, 1.82) is 0 Å². The number of hydrogen-bond acceptors (Lipinski definition) is 6. The Bertz CT molecular complexity index is 1160. The SMILES string of the molecule is COc1ccc(NC(=O)c2ccc(=O)n(CC(=O)Nc3cc(C)ccc3OC)n2)cc1. The van der Waals surface area contributed by atoms with E-state index < -0.39 is 17.4 Å². The van der Waals surface area contributed by atoms with Crippen molar-refractivity contribution >= 4 is 23.2 Å². The van der Waals surface area contributed by atoms with E-state index in [2.05, 4.69) is 15.7 Å². The number of benzene rings is 2. The van der Waals surface area contributed by atoms with Crippen molar-refractivity contribution < 1.29 is 19.1 Å². The molecule has 0 unspecified atom stereocenters. The number of anilines is 2. The van der Waals surface area contributed by atoms with E-state index in [0.29, 0.717) is 22.9 Å². The highest BCUT2D eigenvalue weighted by molar-refractivity contribution is 6.02. The summed E-state index contributed by atoms with van der Waals surface area (Å²) in [5.74, 6) is 0.152. The summed E-state index contributed by atoms with van der Waals surface area (Å²) in [6.07, 6.45) is 0. The zero-order valence-corrected chi connectivity index (χ0v) is 17.3. The van der Waals surface area contributed by atoms with E-state index in [1.165, 1.54) is 19.2 Å². The second-order valence-electron chi connectivity index (χ2n) is 6.65. The fourth-order valence-corrected chi connectivity index (χ4v) is 2.80. The monoisotopic (exact) mass is 422 g/mol. The van der Waals surface area contributed by atoms with Crippen molar-refractivity contribution in [1.82, 2.24) is 9.78 Å². The normalized spacial score (nSPS) is 10.3. The average molecular weight is 422 g/mol. The minimum Gasteiger partial charge on any atom is -0.497 e. The molecule has 1 heterocycles. The lowest BCUT2D eigenvalue weighted by Crippen LogP contribution is -2.31. The minimum atomic E-state index is -0.514. The Morgan fingerprint density at radius 3 is 2.39 bits per heavy atom. The van der Waals surface area contributed by atoms with Crippen molar-refractivity contribution in [3.63, 3.8) is 0 Å². The molecule has 0 bridgehead atoms. The molecule has 9 nitrogen and oxygen atoms in total. The van der Waals surface area contributed by atoms with E-state index in [0.717, 1.165) is 10.2 Å². The van der Waals surface area contributed by atoms with E-state index in [9.17, 15) is 14.4 Å². The summed E-state index contributed by atoms with van der Waals surface area (Å²) in [5, 5.41) is 9.40. The highest BCUT2D eigenvalue weighted by atomic mass is 16.5. The molecular weight excluding hydrogens is 400 g/mol. The molecule has 0 spiro atoms. The van der Waals surface area contributed by atoms with E-state index in [4.69, 9.17) is 9.47 Å². The van der Waals surface area contributed by atoms with Crippen LogP contribution in [-0.2, 0) is 11.3 Å². The van der Waals surface area contributed by atoms with Crippen LogP contribution >= 0.6 is 0 Å². The van der Waals surface area contributed by atoms with Crippen LogP contribution in [0.5, 0.6) is 11.5 Å². The van der Waals surface area contributed by atoms with E-state index in [-0.39, 0.29) is 12.2 Å². The lowest BCUT2D eigenvalue weighted by atomic mass is 10.2. The van der Waals surface area contributed by atoms with Gasteiger partial charge in [-0.05, 0) is 55.0 Å². The molecule has 0 radical (unpaired) electrons. The zero-order chi connectivity index (χ0) is 22.4. The van der Waals surface area contributed by atoms with Crippen molar-refractivity contribution in [2.45, 2.75) is 13.5 Å². The van der Waals surface area contributed by atoms with Crippen LogP contribution in [0.1, 0.15) is 16.1 Å². The first-order valence-electron chi connectivity index (χ1n) is 9.37. The van der Waals surface area contributed by atoms with Gasteiger partial charge in [0.2, 0.25) is 5.91 Å². The Morgan fingerprint density at radius 2 is 1.71 bits per heavy atom. The number of hydrogen-bond donors (Lipinski definition) is 2. The second kappa shape index (κ2) is 9.57. The number of nitrogens with one attached hydrogen (secondary N) is 2. The summed E-state index contributed by atoms with van der Waals surface area (Å²) >= 11 is 0. The number of methoxy groups -OCH3 is 2. The van der Waals surface area contributed by atoms with Gasteiger partial charge in [0.1, 0.15) is 23.7 Å². The van der Waals surface area contributed by atoms with Crippen molar-refractivity contribution in [3.05, 3.63) is 76.2 Å². The summed E-state index contributed by atoms with van der Waals surface area (Å²) in [5.41, 5.74) is 1.44. The fourth-order valence-electron chi connectivity index (χ4n) is 2.80. The summed E-state index contributed by atoms with van der Waals surface area (Å²) in [7, 11) is 3.04. The third-order valence-electron chi connectivity index (χ3n) is 4.37. The molecule has 3 aromatic rings. The van der Waals surface area contributed by atoms with Gasteiger partial charge < -0.3 is 20.1 Å². The lowest BCUT2D eigenvalue weighted by Gasteiger charge is -2.12. The lowest BCUT2D eigenvalue weighted by molar-refractivity contribution is -0.117. The van der Waals surface area contributed by atoms with Crippen LogP contribution in [0.3, 0.4) is 0 Å². The van der Waals surface area contributed by atoms with Crippen LogP contribution in [0.2, 0.25) is 0 Å². The molecule has 0 atom stereocenters. The number of carbonyl (C=O) groups is 2. The van der Waals surface area contributed by atoms with E-state index in [1.807, 2.05) is 13.0 Å². The van der Waals surface area contributed by atoms with Gasteiger partial charge >= 0.3 is 0 Å². The van der Waals surface area contributed by atoms with Crippen LogP contribution in [0, 0.1) is 6.92 Å². The van der Waals surface area contributed by atoms with Gasteiger partial charge in [0, 0.05) is 11.8 Å². The molecule has 0 saturated heterocycles. The molecular formula is C22H22N4O5. The van der Waals surface area contributed by atoms with Gasteiger partial charge in [-0.1, -0.05) is 6.07 Å². The summed E-state index contributed by atoms with van der Waals surface area (Å²) in [6, 6.07) is 14.6. The molecule has 2 amide bonds. The molecule has 9 heteroatoms. The number of aryl methyl sites for hydroxylation is 1. The predicted molar refractivity (Wildman–Crippen MR) is 116 cm³/mol. The third-order valence-corrected chi connectivity index (χ3v) is 4.37. The first-order valence-corrected chi connectivity index (χ1v) is 9.37. The van der Waals surface area contributed by atoms with Crippen LogP contribution in [0.25, 0.3) is 0 Å². The summed E-state index contributed by atoms with van der Waals surface area (Å²) in [6.45, 7) is 1.52. The molecule has 0 aliphatic heterocycles. The number of amides is 2. The molecule has 3 rings (SSSR count). The largest absolute Gasteiger partial charge is 0.497 e. The number of carbonyl (C=O) groups excluding carboxylic acids is 2. The second-order valence-corrected chi connectivity index (χ2v) is 6.65. The molecule has 0 fully saturated rings. The fraction of sp³-hybridized carbons (Fsp3) is 0.182. The first-order chi connectivity index (χ1) is 14.9. The van der Waals surface area contributed by atoms with Gasteiger partial charge in [-0.15, -0.1) is 0 Å². The van der Waals surface area contributed by atoms with E-state index in [1.54, 1.807) is 43.5 Å². The average Bonchev–Trinajstić information content (AvgIpc) is 2.76. The number of nitrogens with zero attached hydrogens (tertiary/aromatic N) is 2. The summed E-state index contributed by atoms with van der Waals surface area (Å²) in [4.78, 5) is 37.1. The predicted octanol–water partition coefficient (Wildman–Crippen LogP) is 2.46. The van der Waals surface area contributed by atoms with Gasteiger partial charge in [0.05, 0.1) is 19.9 Å². The van der Waals surface area contributed by atoms with Crippen molar-refractivity contribution in [2.24, 2.45) is 0 Å². The Balaban J connectivity index is 1.73. The molecule has 160 valence electrons. The van der Waals surface area contributed by atoms with Gasteiger partial charge in [0.15, 0.2) is 0 Å². The molecule has 2 N–H and O–H groups in total. The zero-order valence-electron chi connectivity index (χ0n) is 17.3. The van der Waals surface area contributed by atoms with Gasteiger partial charge in [-0.3, -0.25) is 14.4 Å². The molecule has 1 aromatic heterocycles. The number of rotatable bonds is 7. The van der Waals surface area contributed by atoms with Crippen molar-refractivity contribution in [3.8, 4) is 11.5 Å². The quantitative estimate of drug-likeness (QED) is 0.605.